The molecule has 0 N–H and O–H groups in total. The maximum atomic E-state index is 2.46. The van der Waals surface area contributed by atoms with E-state index in [1.54, 1.807) is 0 Å². The van der Waals surface area contributed by atoms with Crippen LogP contribution in [0.15, 0.2) is 30.3 Å². The van der Waals surface area contributed by atoms with Gasteiger partial charge in [-0.15, -0.1) is 0 Å². The lowest BCUT2D eigenvalue weighted by Gasteiger charge is -2.32. The fourth-order valence-corrected chi connectivity index (χ4v) is 3.69. The van der Waals surface area contributed by atoms with Crippen molar-refractivity contribution in [2.75, 3.05) is 0 Å². The zero-order chi connectivity index (χ0) is 13.5. The minimum atomic E-state index is 0.856. The van der Waals surface area contributed by atoms with Gasteiger partial charge < -0.3 is 0 Å². The second kappa shape index (κ2) is 7.72. The number of benzene rings is 1. The lowest BCUT2D eigenvalue weighted by molar-refractivity contribution is 0.205. The lowest BCUT2D eigenvalue weighted by atomic mass is 9.73. The summed E-state index contributed by atoms with van der Waals surface area (Å²) in [5.41, 5.74) is 1.52. The molecule has 0 bridgehead atoms. The Hall–Kier alpha value is -0.780. The van der Waals surface area contributed by atoms with Gasteiger partial charge in [0.05, 0.1) is 0 Å². The molecule has 0 radical (unpaired) electrons. The van der Waals surface area contributed by atoms with Crippen LogP contribution in [-0.2, 0) is 6.42 Å². The van der Waals surface area contributed by atoms with Crippen molar-refractivity contribution in [2.45, 2.75) is 65.2 Å². The van der Waals surface area contributed by atoms with Crippen molar-refractivity contribution in [1.29, 1.82) is 0 Å². The molecular weight excluding hydrogens is 228 g/mol. The predicted molar refractivity (Wildman–Crippen MR) is 84.3 cm³/mol. The highest BCUT2D eigenvalue weighted by atomic mass is 14.3. The number of hydrogen-bond donors (Lipinski definition) is 0. The SMILES string of the molecule is CCCCC1CCC(C(C)Cc2ccccc2)CC1. The molecule has 1 aromatic rings. The molecule has 0 spiro atoms. The normalized spacial score (nSPS) is 25.2. The Kier molecular flexibility index (Phi) is 5.94. The first-order valence-corrected chi connectivity index (χ1v) is 8.33. The highest BCUT2D eigenvalue weighted by Crippen LogP contribution is 2.36. The second-order valence-electron chi connectivity index (χ2n) is 6.59. The van der Waals surface area contributed by atoms with Crippen LogP contribution in [0, 0.1) is 17.8 Å². The van der Waals surface area contributed by atoms with Gasteiger partial charge in [0.2, 0.25) is 0 Å². The molecule has 1 fully saturated rings. The third kappa shape index (κ3) is 4.67. The van der Waals surface area contributed by atoms with Crippen molar-refractivity contribution in [3.05, 3.63) is 35.9 Å². The van der Waals surface area contributed by atoms with Crippen molar-refractivity contribution >= 4 is 0 Å². The van der Waals surface area contributed by atoms with Crippen LogP contribution in [-0.4, -0.2) is 0 Å². The first kappa shape index (κ1) is 14.6. The molecule has 0 aromatic heterocycles. The molecule has 0 heterocycles. The van der Waals surface area contributed by atoms with E-state index in [1.807, 2.05) is 0 Å². The van der Waals surface area contributed by atoms with E-state index in [0.29, 0.717) is 0 Å². The molecule has 0 heteroatoms. The monoisotopic (exact) mass is 258 g/mol. The average molecular weight is 258 g/mol. The standard InChI is InChI=1S/C19H30/c1-3-4-8-17-11-13-19(14-12-17)16(2)15-18-9-6-5-7-10-18/h5-7,9-10,16-17,19H,3-4,8,11-15H2,1-2H3. The molecule has 1 atom stereocenters. The van der Waals surface area contributed by atoms with Crippen LogP contribution in [0.5, 0.6) is 0 Å². The molecular formula is C19H30. The summed E-state index contributed by atoms with van der Waals surface area (Å²) in [6.45, 7) is 4.78. The van der Waals surface area contributed by atoms with Gasteiger partial charge in [0.25, 0.3) is 0 Å². The van der Waals surface area contributed by atoms with E-state index in [9.17, 15) is 0 Å². The van der Waals surface area contributed by atoms with E-state index in [4.69, 9.17) is 0 Å². The first-order chi connectivity index (χ1) is 9.29. The van der Waals surface area contributed by atoms with Crippen LogP contribution in [0.25, 0.3) is 0 Å². The number of hydrogen-bond acceptors (Lipinski definition) is 0. The van der Waals surface area contributed by atoms with Crippen molar-refractivity contribution in [1.82, 2.24) is 0 Å². The Morgan fingerprint density at radius 1 is 1.05 bits per heavy atom. The maximum absolute atomic E-state index is 2.46. The molecule has 1 aliphatic carbocycles. The van der Waals surface area contributed by atoms with Gasteiger partial charge in [0.15, 0.2) is 0 Å². The Morgan fingerprint density at radius 2 is 1.74 bits per heavy atom. The largest absolute Gasteiger partial charge is 0.0654 e. The summed E-state index contributed by atoms with van der Waals surface area (Å²) in [5, 5.41) is 0. The van der Waals surface area contributed by atoms with Crippen LogP contribution in [0.4, 0.5) is 0 Å². The second-order valence-corrected chi connectivity index (χ2v) is 6.59. The molecule has 0 amide bonds. The third-order valence-corrected chi connectivity index (χ3v) is 5.06. The van der Waals surface area contributed by atoms with Crippen molar-refractivity contribution in [2.24, 2.45) is 17.8 Å². The van der Waals surface area contributed by atoms with E-state index in [-0.39, 0.29) is 0 Å². The number of rotatable bonds is 6. The van der Waals surface area contributed by atoms with Gasteiger partial charge in [-0.3, -0.25) is 0 Å². The molecule has 0 saturated heterocycles. The van der Waals surface area contributed by atoms with Crippen LogP contribution >= 0.6 is 0 Å². The summed E-state index contributed by atoms with van der Waals surface area (Å²) in [6, 6.07) is 11.0. The molecule has 0 nitrogen and oxygen atoms in total. The van der Waals surface area contributed by atoms with Crippen LogP contribution < -0.4 is 0 Å². The van der Waals surface area contributed by atoms with Crippen LogP contribution in [0.3, 0.4) is 0 Å². The maximum Gasteiger partial charge on any atom is -0.0250 e. The fourth-order valence-electron chi connectivity index (χ4n) is 3.69. The van der Waals surface area contributed by atoms with E-state index in [1.165, 1.54) is 56.9 Å². The molecule has 1 aliphatic rings. The van der Waals surface area contributed by atoms with E-state index in [2.05, 4.69) is 44.2 Å². The molecule has 1 unspecified atom stereocenters. The van der Waals surface area contributed by atoms with Gasteiger partial charge >= 0.3 is 0 Å². The summed E-state index contributed by atoms with van der Waals surface area (Å²) < 4.78 is 0. The van der Waals surface area contributed by atoms with Gasteiger partial charge in [-0.2, -0.15) is 0 Å². The quantitative estimate of drug-likeness (QED) is 0.599. The average Bonchev–Trinajstić information content (AvgIpc) is 2.46. The minimum Gasteiger partial charge on any atom is -0.0654 e. The highest BCUT2D eigenvalue weighted by molar-refractivity contribution is 5.15. The first-order valence-electron chi connectivity index (χ1n) is 8.33. The molecule has 106 valence electrons. The Bertz CT molecular complexity index is 332. The zero-order valence-corrected chi connectivity index (χ0v) is 12.8. The number of unbranched alkanes of at least 4 members (excludes halogenated alkanes) is 1. The summed E-state index contributed by atoms with van der Waals surface area (Å²) in [5.74, 6) is 2.87. The van der Waals surface area contributed by atoms with Gasteiger partial charge in [-0.05, 0) is 42.6 Å². The fraction of sp³-hybridized carbons (Fsp3) is 0.684. The summed E-state index contributed by atoms with van der Waals surface area (Å²) in [4.78, 5) is 0. The molecule has 1 aromatic carbocycles. The van der Waals surface area contributed by atoms with Gasteiger partial charge in [0.1, 0.15) is 0 Å². The predicted octanol–water partition coefficient (Wildman–Crippen LogP) is 5.86. The summed E-state index contributed by atoms with van der Waals surface area (Å²) in [7, 11) is 0. The van der Waals surface area contributed by atoms with Crippen LogP contribution in [0.2, 0.25) is 0 Å². The zero-order valence-electron chi connectivity index (χ0n) is 12.8. The van der Waals surface area contributed by atoms with E-state index < -0.39 is 0 Å². The van der Waals surface area contributed by atoms with Crippen molar-refractivity contribution < 1.29 is 0 Å². The third-order valence-electron chi connectivity index (χ3n) is 5.06. The molecule has 2 rings (SSSR count). The van der Waals surface area contributed by atoms with E-state index in [0.717, 1.165) is 17.8 Å². The molecule has 1 saturated carbocycles. The Balaban J connectivity index is 1.74. The minimum absolute atomic E-state index is 0.856. The highest BCUT2D eigenvalue weighted by Gasteiger charge is 2.24. The molecule has 0 aliphatic heterocycles. The van der Waals surface area contributed by atoms with Gasteiger partial charge in [-0.1, -0.05) is 76.3 Å². The molecule has 19 heavy (non-hydrogen) atoms. The lowest BCUT2D eigenvalue weighted by Crippen LogP contribution is -2.21. The Labute approximate surface area is 119 Å². The van der Waals surface area contributed by atoms with Gasteiger partial charge in [0, 0.05) is 0 Å². The summed E-state index contributed by atoms with van der Waals surface area (Å²) in [6.07, 6.45) is 11.5. The summed E-state index contributed by atoms with van der Waals surface area (Å²) >= 11 is 0. The van der Waals surface area contributed by atoms with Crippen molar-refractivity contribution in [3.63, 3.8) is 0 Å². The topological polar surface area (TPSA) is 0 Å². The smallest absolute Gasteiger partial charge is 0.0250 e. The van der Waals surface area contributed by atoms with Gasteiger partial charge in [-0.25, -0.2) is 0 Å². The van der Waals surface area contributed by atoms with Crippen molar-refractivity contribution in [3.8, 4) is 0 Å². The van der Waals surface area contributed by atoms with Crippen LogP contribution in [0.1, 0.15) is 64.4 Å². The Morgan fingerprint density at radius 3 is 2.37 bits per heavy atom. The van der Waals surface area contributed by atoms with E-state index >= 15 is 0 Å².